The fourth-order valence-electron chi connectivity index (χ4n) is 3.24. The zero-order chi connectivity index (χ0) is 14.5. The van der Waals surface area contributed by atoms with Crippen LogP contribution >= 0.6 is 0 Å². The first kappa shape index (κ1) is 15.7. The van der Waals surface area contributed by atoms with E-state index in [-0.39, 0.29) is 12.0 Å². The Kier molecular flexibility index (Phi) is 5.81. The van der Waals surface area contributed by atoms with Gasteiger partial charge in [0, 0.05) is 19.1 Å². The zero-order valence-electron chi connectivity index (χ0n) is 12.9. The molecule has 5 nitrogen and oxygen atoms in total. The van der Waals surface area contributed by atoms with Crippen LogP contribution in [-0.2, 0) is 4.79 Å². The summed E-state index contributed by atoms with van der Waals surface area (Å²) in [4.78, 5) is 18.6. The normalized spacial score (nSPS) is 25.6. The lowest BCUT2D eigenvalue weighted by atomic mass is 10.1. The van der Waals surface area contributed by atoms with Crippen molar-refractivity contribution in [1.82, 2.24) is 14.7 Å². The number of aliphatic hydroxyl groups excluding tert-OH is 1. The van der Waals surface area contributed by atoms with E-state index in [2.05, 4.69) is 16.8 Å². The van der Waals surface area contributed by atoms with Crippen molar-refractivity contribution >= 4 is 5.91 Å². The molecule has 116 valence electrons. The Morgan fingerprint density at radius 3 is 2.55 bits per heavy atom. The summed E-state index contributed by atoms with van der Waals surface area (Å²) in [5.41, 5.74) is 0. The van der Waals surface area contributed by atoms with Gasteiger partial charge in [-0.05, 0) is 59.3 Å². The highest BCUT2D eigenvalue weighted by molar-refractivity contribution is 5.78. The van der Waals surface area contributed by atoms with Gasteiger partial charge in [0.05, 0.1) is 12.6 Å². The minimum absolute atomic E-state index is 0.208. The van der Waals surface area contributed by atoms with Gasteiger partial charge in [0.15, 0.2) is 0 Å². The quantitative estimate of drug-likeness (QED) is 0.793. The molecular formula is C15H29N3O2. The van der Waals surface area contributed by atoms with Crippen molar-refractivity contribution in [3.63, 3.8) is 0 Å². The van der Waals surface area contributed by atoms with Gasteiger partial charge in [0.25, 0.3) is 0 Å². The van der Waals surface area contributed by atoms with E-state index >= 15 is 0 Å². The predicted octanol–water partition coefficient (Wildman–Crippen LogP) is 0.386. The summed E-state index contributed by atoms with van der Waals surface area (Å²) in [5, 5.41) is 9.47. The fourth-order valence-corrected chi connectivity index (χ4v) is 3.24. The second-order valence-corrected chi connectivity index (χ2v) is 6.42. The Hall–Kier alpha value is -0.650. The number of likely N-dealkylation sites (tertiary alicyclic amines) is 2. The Labute approximate surface area is 122 Å². The van der Waals surface area contributed by atoms with E-state index in [1.165, 1.54) is 19.4 Å². The van der Waals surface area contributed by atoms with Crippen LogP contribution in [0, 0.1) is 0 Å². The molecule has 0 saturated carbocycles. The van der Waals surface area contributed by atoms with Gasteiger partial charge in [-0.25, -0.2) is 0 Å². The maximum Gasteiger partial charge on any atom is 0.236 e. The summed E-state index contributed by atoms with van der Waals surface area (Å²) in [6, 6.07) is 0.692. The molecule has 1 unspecified atom stereocenters. The van der Waals surface area contributed by atoms with E-state index in [1.807, 2.05) is 11.9 Å². The number of carbonyl (C=O) groups excluding carboxylic acids is 1. The first-order valence-electron chi connectivity index (χ1n) is 7.91. The number of hydrogen-bond acceptors (Lipinski definition) is 4. The number of carbonyl (C=O) groups is 1. The van der Waals surface area contributed by atoms with Crippen LogP contribution in [0.15, 0.2) is 0 Å². The molecule has 5 heteroatoms. The molecule has 0 aliphatic carbocycles. The molecule has 2 aliphatic heterocycles. The van der Waals surface area contributed by atoms with Crippen molar-refractivity contribution in [2.45, 2.75) is 44.2 Å². The lowest BCUT2D eigenvalue weighted by Gasteiger charge is -2.31. The summed E-state index contributed by atoms with van der Waals surface area (Å²) in [7, 11) is 4.23. The molecule has 0 aromatic carbocycles. The van der Waals surface area contributed by atoms with Crippen molar-refractivity contribution in [2.24, 2.45) is 0 Å². The Balaban J connectivity index is 1.65. The topological polar surface area (TPSA) is 47.0 Å². The van der Waals surface area contributed by atoms with Gasteiger partial charge in [0.1, 0.15) is 0 Å². The molecule has 1 atom stereocenters. The number of nitrogens with zero attached hydrogens (tertiary/aromatic N) is 3. The van der Waals surface area contributed by atoms with Crippen LogP contribution in [0.5, 0.6) is 0 Å². The van der Waals surface area contributed by atoms with E-state index < -0.39 is 0 Å². The van der Waals surface area contributed by atoms with Crippen LogP contribution in [-0.4, -0.2) is 84.7 Å². The molecule has 2 saturated heterocycles. The highest BCUT2D eigenvalue weighted by atomic mass is 16.3. The average Bonchev–Trinajstić information content (AvgIpc) is 2.82. The van der Waals surface area contributed by atoms with Crippen LogP contribution in [0.25, 0.3) is 0 Å². The third-order valence-electron chi connectivity index (χ3n) is 4.74. The maximum atomic E-state index is 12.2. The number of rotatable bonds is 5. The van der Waals surface area contributed by atoms with Crippen molar-refractivity contribution in [2.75, 3.05) is 46.8 Å². The summed E-state index contributed by atoms with van der Waals surface area (Å²) in [6.07, 6.45) is 4.99. The van der Waals surface area contributed by atoms with Crippen LogP contribution in [0.3, 0.4) is 0 Å². The van der Waals surface area contributed by atoms with Gasteiger partial charge in [0.2, 0.25) is 5.91 Å². The zero-order valence-corrected chi connectivity index (χ0v) is 12.9. The molecule has 0 radical (unpaired) electrons. The average molecular weight is 283 g/mol. The monoisotopic (exact) mass is 283 g/mol. The maximum absolute atomic E-state index is 12.2. The predicted molar refractivity (Wildman–Crippen MR) is 79.6 cm³/mol. The highest BCUT2D eigenvalue weighted by Gasteiger charge is 2.23. The molecule has 0 aromatic heterocycles. The Bertz CT molecular complexity index is 316. The smallest absolute Gasteiger partial charge is 0.236 e. The van der Waals surface area contributed by atoms with Crippen LogP contribution in [0.2, 0.25) is 0 Å². The van der Waals surface area contributed by atoms with Crippen molar-refractivity contribution in [1.29, 1.82) is 0 Å². The lowest BCUT2D eigenvalue weighted by molar-refractivity contribution is -0.134. The molecule has 2 heterocycles. The molecule has 2 rings (SSSR count). The summed E-state index contributed by atoms with van der Waals surface area (Å²) < 4.78 is 0. The largest absolute Gasteiger partial charge is 0.393 e. The van der Waals surface area contributed by atoms with E-state index in [0.717, 1.165) is 25.8 Å². The third-order valence-corrected chi connectivity index (χ3v) is 4.74. The Morgan fingerprint density at radius 2 is 1.95 bits per heavy atom. The number of piperidine rings is 1. The lowest BCUT2D eigenvalue weighted by Crippen LogP contribution is -2.44. The van der Waals surface area contributed by atoms with E-state index in [1.54, 1.807) is 0 Å². The molecule has 0 spiro atoms. The minimum Gasteiger partial charge on any atom is -0.393 e. The van der Waals surface area contributed by atoms with Gasteiger partial charge in [-0.1, -0.05) is 0 Å². The minimum atomic E-state index is -0.213. The van der Waals surface area contributed by atoms with Crippen molar-refractivity contribution < 1.29 is 9.90 Å². The first-order valence-corrected chi connectivity index (χ1v) is 7.91. The molecule has 1 N–H and O–H groups in total. The first-order chi connectivity index (χ1) is 9.56. The number of amides is 1. The number of aliphatic hydroxyl groups is 1. The molecule has 20 heavy (non-hydrogen) atoms. The van der Waals surface area contributed by atoms with Crippen LogP contribution < -0.4 is 0 Å². The number of hydrogen-bond donors (Lipinski definition) is 1. The second kappa shape index (κ2) is 7.38. The van der Waals surface area contributed by atoms with Gasteiger partial charge in [-0.3, -0.25) is 9.69 Å². The molecule has 1 amide bonds. The molecule has 0 aromatic rings. The van der Waals surface area contributed by atoms with Gasteiger partial charge >= 0.3 is 0 Å². The third kappa shape index (κ3) is 4.43. The summed E-state index contributed by atoms with van der Waals surface area (Å²) in [5.74, 6) is 0.208. The van der Waals surface area contributed by atoms with Crippen molar-refractivity contribution in [3.8, 4) is 0 Å². The van der Waals surface area contributed by atoms with E-state index in [4.69, 9.17) is 0 Å². The van der Waals surface area contributed by atoms with Gasteiger partial charge in [-0.2, -0.15) is 0 Å². The number of likely N-dealkylation sites (N-methyl/N-ethyl adjacent to an activating group) is 1. The second-order valence-electron chi connectivity index (χ2n) is 6.42. The molecular weight excluding hydrogens is 254 g/mol. The van der Waals surface area contributed by atoms with E-state index in [0.29, 0.717) is 25.7 Å². The fraction of sp³-hybridized carbons (Fsp3) is 0.933. The van der Waals surface area contributed by atoms with Crippen molar-refractivity contribution in [3.05, 3.63) is 0 Å². The Morgan fingerprint density at radius 1 is 1.25 bits per heavy atom. The van der Waals surface area contributed by atoms with Gasteiger partial charge < -0.3 is 14.9 Å². The molecule has 2 aliphatic rings. The highest BCUT2D eigenvalue weighted by Crippen LogP contribution is 2.18. The summed E-state index contributed by atoms with van der Waals surface area (Å²) >= 11 is 0. The van der Waals surface area contributed by atoms with Crippen LogP contribution in [0.4, 0.5) is 0 Å². The standard InChI is InChI=1S/C15H29N3O2/c1-16(9-5-13-4-3-8-17(13)2)12-15(20)18-10-6-14(19)7-11-18/h13-14,19H,3-12H2,1-2H3. The van der Waals surface area contributed by atoms with Gasteiger partial charge in [-0.15, -0.1) is 0 Å². The SMILES string of the molecule is CN(CCC1CCCN1C)CC(=O)N1CCC(O)CC1. The summed E-state index contributed by atoms with van der Waals surface area (Å²) in [6.45, 7) is 4.12. The van der Waals surface area contributed by atoms with Crippen LogP contribution in [0.1, 0.15) is 32.1 Å². The molecule has 0 bridgehead atoms. The van der Waals surface area contributed by atoms with E-state index in [9.17, 15) is 9.90 Å². The molecule has 2 fully saturated rings.